The minimum atomic E-state index is -0.842. The van der Waals surface area contributed by atoms with E-state index in [1.807, 2.05) is 0 Å². The van der Waals surface area contributed by atoms with Gasteiger partial charge in [0, 0.05) is 26.2 Å². The van der Waals surface area contributed by atoms with E-state index in [0.717, 1.165) is 39.0 Å². The zero-order chi connectivity index (χ0) is 22.3. The molecule has 2 aromatic carbocycles. The van der Waals surface area contributed by atoms with E-state index in [-0.39, 0.29) is 24.7 Å². The Kier molecular flexibility index (Phi) is 8.64. The maximum absolute atomic E-state index is 9.78. The third-order valence-corrected chi connectivity index (χ3v) is 6.47. The van der Waals surface area contributed by atoms with Gasteiger partial charge in [0.25, 0.3) is 0 Å². The lowest BCUT2D eigenvalue weighted by molar-refractivity contribution is -0.103. The Labute approximate surface area is 186 Å². The molecular formula is C26H37NO4. The highest BCUT2D eigenvalue weighted by molar-refractivity contribution is 5.68. The Morgan fingerprint density at radius 2 is 2.03 bits per heavy atom. The molecule has 0 spiro atoms. The first-order chi connectivity index (χ1) is 15.0. The van der Waals surface area contributed by atoms with Crippen molar-refractivity contribution >= 4 is 0 Å². The molecule has 0 bridgehead atoms. The van der Waals surface area contributed by atoms with Gasteiger partial charge in [-0.1, -0.05) is 42.5 Å². The monoisotopic (exact) mass is 427 g/mol. The number of ether oxygens (including phenoxy) is 2. The maximum atomic E-state index is 9.78. The molecule has 3 unspecified atom stereocenters. The molecule has 3 atom stereocenters. The van der Waals surface area contributed by atoms with E-state index in [0.29, 0.717) is 0 Å². The van der Waals surface area contributed by atoms with Crippen LogP contribution in [0.5, 0.6) is 0 Å². The fourth-order valence-electron chi connectivity index (χ4n) is 4.59. The van der Waals surface area contributed by atoms with Crippen LogP contribution in [0.4, 0.5) is 0 Å². The summed E-state index contributed by atoms with van der Waals surface area (Å²) in [5, 5.41) is 22.4. The highest BCUT2D eigenvalue weighted by Crippen LogP contribution is 2.39. The Balaban J connectivity index is 1.85. The van der Waals surface area contributed by atoms with Crippen molar-refractivity contribution in [2.75, 3.05) is 40.0 Å². The number of benzene rings is 2. The van der Waals surface area contributed by atoms with Crippen molar-refractivity contribution in [3.8, 4) is 11.1 Å². The quantitative estimate of drug-likeness (QED) is 0.507. The van der Waals surface area contributed by atoms with Crippen LogP contribution in [0.25, 0.3) is 11.1 Å². The Bertz CT molecular complexity index is 840. The standard InChI is InChI=1S/C26H37NO4/c1-19-15-21(24-9-5-4-7-20(24)8-6-14-30-3)10-11-23(19)25-16-27-13-12-26(25,2)31-18-22(29)17-28/h4-5,7,9-11,15,22,25,27-29H,6,8,12-14,16-18H2,1-3H3. The van der Waals surface area contributed by atoms with Crippen molar-refractivity contribution in [1.29, 1.82) is 0 Å². The van der Waals surface area contributed by atoms with E-state index in [2.05, 4.69) is 61.6 Å². The van der Waals surface area contributed by atoms with Gasteiger partial charge in [-0.05, 0) is 67.5 Å². The van der Waals surface area contributed by atoms with Crippen molar-refractivity contribution in [2.45, 2.75) is 50.7 Å². The molecule has 0 aromatic heterocycles. The largest absolute Gasteiger partial charge is 0.394 e. The van der Waals surface area contributed by atoms with Crippen LogP contribution < -0.4 is 5.32 Å². The van der Waals surface area contributed by atoms with Crippen molar-refractivity contribution in [2.24, 2.45) is 0 Å². The van der Waals surface area contributed by atoms with Crippen LogP contribution in [0.15, 0.2) is 42.5 Å². The summed E-state index contributed by atoms with van der Waals surface area (Å²) in [6.45, 7) is 6.65. The van der Waals surface area contributed by atoms with Gasteiger partial charge in [0.05, 0.1) is 18.8 Å². The first-order valence-electron chi connectivity index (χ1n) is 11.3. The molecule has 5 nitrogen and oxygen atoms in total. The van der Waals surface area contributed by atoms with Gasteiger partial charge in [0.2, 0.25) is 0 Å². The predicted octanol–water partition coefficient (Wildman–Crippen LogP) is 3.45. The summed E-state index contributed by atoms with van der Waals surface area (Å²) in [6, 6.07) is 15.3. The number of aliphatic hydroxyl groups excluding tert-OH is 2. The van der Waals surface area contributed by atoms with Gasteiger partial charge in [-0.2, -0.15) is 0 Å². The molecule has 2 aromatic rings. The number of aryl methyl sites for hydroxylation is 2. The van der Waals surface area contributed by atoms with E-state index < -0.39 is 6.10 Å². The summed E-state index contributed by atoms with van der Waals surface area (Å²) in [6.07, 6.45) is 2.02. The minimum absolute atomic E-state index is 0.148. The molecule has 1 fully saturated rings. The molecule has 1 heterocycles. The zero-order valence-electron chi connectivity index (χ0n) is 19.1. The number of hydrogen-bond donors (Lipinski definition) is 3. The summed E-state index contributed by atoms with van der Waals surface area (Å²) in [5.74, 6) is 0.179. The summed E-state index contributed by atoms with van der Waals surface area (Å²) < 4.78 is 11.4. The summed E-state index contributed by atoms with van der Waals surface area (Å²) >= 11 is 0. The molecule has 0 amide bonds. The average molecular weight is 428 g/mol. The fraction of sp³-hybridized carbons (Fsp3) is 0.538. The van der Waals surface area contributed by atoms with Gasteiger partial charge in [-0.25, -0.2) is 0 Å². The SMILES string of the molecule is COCCCc1ccccc1-c1ccc(C2CNCCC2(C)OCC(O)CO)c(C)c1. The Morgan fingerprint density at radius 1 is 1.23 bits per heavy atom. The third kappa shape index (κ3) is 5.93. The molecule has 0 saturated carbocycles. The number of methoxy groups -OCH3 is 1. The predicted molar refractivity (Wildman–Crippen MR) is 124 cm³/mol. The van der Waals surface area contributed by atoms with Crippen LogP contribution in [-0.2, 0) is 15.9 Å². The van der Waals surface area contributed by atoms with Crippen molar-refractivity contribution in [1.82, 2.24) is 5.32 Å². The molecule has 31 heavy (non-hydrogen) atoms. The van der Waals surface area contributed by atoms with Crippen molar-refractivity contribution in [3.05, 3.63) is 59.2 Å². The van der Waals surface area contributed by atoms with E-state index in [1.54, 1.807) is 7.11 Å². The lowest BCUT2D eigenvalue weighted by Gasteiger charge is -2.43. The van der Waals surface area contributed by atoms with E-state index in [1.165, 1.54) is 27.8 Å². The molecule has 0 aliphatic carbocycles. The molecule has 1 aliphatic rings. The van der Waals surface area contributed by atoms with Crippen LogP contribution >= 0.6 is 0 Å². The van der Waals surface area contributed by atoms with Gasteiger partial charge >= 0.3 is 0 Å². The topological polar surface area (TPSA) is 71.0 Å². The van der Waals surface area contributed by atoms with Crippen LogP contribution in [0, 0.1) is 6.92 Å². The molecule has 0 radical (unpaired) electrons. The first-order valence-corrected chi connectivity index (χ1v) is 11.3. The van der Waals surface area contributed by atoms with Gasteiger partial charge < -0.3 is 25.0 Å². The molecule has 3 rings (SSSR count). The average Bonchev–Trinajstić information content (AvgIpc) is 2.78. The lowest BCUT2D eigenvalue weighted by Crippen LogP contribution is -2.49. The molecule has 5 heteroatoms. The summed E-state index contributed by atoms with van der Waals surface area (Å²) in [7, 11) is 1.75. The third-order valence-electron chi connectivity index (χ3n) is 6.47. The Morgan fingerprint density at radius 3 is 2.77 bits per heavy atom. The molecular weight excluding hydrogens is 390 g/mol. The normalized spacial score (nSPS) is 22.4. The zero-order valence-corrected chi connectivity index (χ0v) is 19.1. The highest BCUT2D eigenvalue weighted by Gasteiger charge is 2.39. The van der Waals surface area contributed by atoms with Crippen LogP contribution in [0.1, 0.15) is 42.4 Å². The van der Waals surface area contributed by atoms with Crippen molar-refractivity contribution < 1.29 is 19.7 Å². The van der Waals surface area contributed by atoms with Gasteiger partial charge in [0.15, 0.2) is 0 Å². The second-order valence-corrected chi connectivity index (χ2v) is 8.79. The van der Waals surface area contributed by atoms with Crippen LogP contribution in [0.3, 0.4) is 0 Å². The summed E-state index contributed by atoms with van der Waals surface area (Å²) in [4.78, 5) is 0. The summed E-state index contributed by atoms with van der Waals surface area (Å²) in [5.41, 5.74) is 5.99. The van der Waals surface area contributed by atoms with Crippen LogP contribution in [-0.4, -0.2) is 61.9 Å². The van der Waals surface area contributed by atoms with E-state index in [9.17, 15) is 5.11 Å². The van der Waals surface area contributed by atoms with E-state index in [4.69, 9.17) is 14.6 Å². The lowest BCUT2D eigenvalue weighted by atomic mass is 9.76. The molecule has 170 valence electrons. The smallest absolute Gasteiger partial charge is 0.100 e. The molecule has 1 aliphatic heterocycles. The number of rotatable bonds is 10. The van der Waals surface area contributed by atoms with Gasteiger partial charge in [0.1, 0.15) is 6.10 Å². The van der Waals surface area contributed by atoms with E-state index >= 15 is 0 Å². The second kappa shape index (κ2) is 11.2. The molecule has 1 saturated heterocycles. The van der Waals surface area contributed by atoms with Crippen LogP contribution in [0.2, 0.25) is 0 Å². The van der Waals surface area contributed by atoms with Gasteiger partial charge in [-0.3, -0.25) is 0 Å². The number of piperidine rings is 1. The molecule has 3 N–H and O–H groups in total. The number of aliphatic hydroxyl groups is 2. The minimum Gasteiger partial charge on any atom is -0.394 e. The fourth-order valence-corrected chi connectivity index (χ4v) is 4.59. The number of nitrogens with one attached hydrogen (secondary N) is 1. The maximum Gasteiger partial charge on any atom is 0.100 e. The Hall–Kier alpha value is -1.76. The number of hydrogen-bond acceptors (Lipinski definition) is 5. The first kappa shape index (κ1) is 23.9. The highest BCUT2D eigenvalue weighted by atomic mass is 16.5. The van der Waals surface area contributed by atoms with Gasteiger partial charge in [-0.15, -0.1) is 0 Å². The second-order valence-electron chi connectivity index (χ2n) is 8.79. The van der Waals surface area contributed by atoms with Crippen molar-refractivity contribution in [3.63, 3.8) is 0 Å².